The average molecular weight is 244 g/mol. The summed E-state index contributed by atoms with van der Waals surface area (Å²) in [5, 5.41) is 2.59. The van der Waals surface area contributed by atoms with E-state index >= 15 is 0 Å². The van der Waals surface area contributed by atoms with Crippen molar-refractivity contribution in [1.82, 2.24) is 0 Å². The molecule has 4 nitrogen and oxygen atoms in total. The first-order valence-corrected chi connectivity index (χ1v) is 5.43. The molecule has 16 heavy (non-hydrogen) atoms. The second-order valence-corrected chi connectivity index (χ2v) is 3.41. The van der Waals surface area contributed by atoms with Crippen molar-refractivity contribution < 1.29 is 14.3 Å². The molecular weight excluding hydrogens is 230 g/mol. The number of hydrogen-bond donors (Lipinski definition) is 1. The molecule has 0 aliphatic heterocycles. The Hall–Kier alpha value is -1.42. The van der Waals surface area contributed by atoms with Crippen molar-refractivity contribution in [1.29, 1.82) is 0 Å². The van der Waals surface area contributed by atoms with Crippen molar-refractivity contribution in [2.45, 2.75) is 6.42 Å². The summed E-state index contributed by atoms with van der Waals surface area (Å²) in [6.45, 7) is 0.319. The van der Waals surface area contributed by atoms with Gasteiger partial charge in [-0.15, -0.1) is 11.6 Å². The molecular formula is C11H14ClNO3. The number of nitrogens with one attached hydrogen (secondary N) is 1. The largest absolute Gasteiger partial charge is 0.497 e. The maximum absolute atomic E-state index is 11.3. The molecule has 0 radical (unpaired) electrons. The Labute approximate surface area is 99.5 Å². The van der Waals surface area contributed by atoms with Crippen LogP contribution in [0.5, 0.6) is 5.75 Å². The van der Waals surface area contributed by atoms with Crippen LogP contribution in [0.2, 0.25) is 0 Å². The summed E-state index contributed by atoms with van der Waals surface area (Å²) in [4.78, 5) is 11.3. The van der Waals surface area contributed by atoms with Gasteiger partial charge in [0, 0.05) is 17.6 Å². The minimum Gasteiger partial charge on any atom is -0.497 e. The number of carbonyl (C=O) groups is 1. The number of ether oxygens (including phenoxy) is 2. The third-order valence-electron chi connectivity index (χ3n) is 1.83. The van der Waals surface area contributed by atoms with Crippen LogP contribution < -0.4 is 10.1 Å². The van der Waals surface area contributed by atoms with Crippen molar-refractivity contribution in [3.63, 3.8) is 0 Å². The van der Waals surface area contributed by atoms with Gasteiger partial charge in [0.1, 0.15) is 5.75 Å². The molecule has 0 aliphatic carbocycles. The first kappa shape index (κ1) is 12.6. The summed E-state index contributed by atoms with van der Waals surface area (Å²) >= 11 is 5.46. The Kier molecular flexibility index (Phi) is 5.50. The fourth-order valence-electron chi connectivity index (χ4n) is 1.07. The van der Waals surface area contributed by atoms with Crippen LogP contribution in [0.4, 0.5) is 10.5 Å². The number of alkyl halides is 1. The molecule has 1 amide bonds. The first-order valence-electron chi connectivity index (χ1n) is 4.90. The van der Waals surface area contributed by atoms with Crippen LogP contribution in [0.25, 0.3) is 0 Å². The van der Waals surface area contributed by atoms with E-state index in [1.165, 1.54) is 0 Å². The lowest BCUT2D eigenvalue weighted by Crippen LogP contribution is -2.14. The van der Waals surface area contributed by atoms with Gasteiger partial charge in [0.15, 0.2) is 0 Å². The highest BCUT2D eigenvalue weighted by molar-refractivity contribution is 6.17. The number of benzene rings is 1. The number of anilines is 1. The molecule has 0 aliphatic rings. The van der Waals surface area contributed by atoms with Crippen LogP contribution in [0.1, 0.15) is 6.42 Å². The summed E-state index contributed by atoms with van der Waals surface area (Å²) in [6, 6.07) is 7.05. The van der Waals surface area contributed by atoms with E-state index in [2.05, 4.69) is 5.32 Å². The van der Waals surface area contributed by atoms with E-state index in [1.54, 1.807) is 31.4 Å². The van der Waals surface area contributed by atoms with E-state index in [0.29, 0.717) is 30.3 Å². The zero-order valence-electron chi connectivity index (χ0n) is 9.03. The fourth-order valence-corrected chi connectivity index (χ4v) is 1.18. The van der Waals surface area contributed by atoms with E-state index in [1.807, 2.05) is 0 Å². The Bertz CT molecular complexity index is 344. The lowest BCUT2D eigenvalue weighted by molar-refractivity contribution is 0.162. The van der Waals surface area contributed by atoms with E-state index in [0.717, 1.165) is 0 Å². The number of carbonyl (C=O) groups excluding carboxylic acids is 1. The van der Waals surface area contributed by atoms with Gasteiger partial charge in [-0.1, -0.05) is 6.07 Å². The van der Waals surface area contributed by atoms with Gasteiger partial charge in [0.2, 0.25) is 0 Å². The van der Waals surface area contributed by atoms with Gasteiger partial charge in [-0.3, -0.25) is 5.32 Å². The normalized spacial score (nSPS) is 9.62. The van der Waals surface area contributed by atoms with Crippen molar-refractivity contribution >= 4 is 23.4 Å². The van der Waals surface area contributed by atoms with Crippen LogP contribution in [0.15, 0.2) is 24.3 Å². The number of methoxy groups -OCH3 is 1. The Morgan fingerprint density at radius 1 is 1.50 bits per heavy atom. The highest BCUT2D eigenvalue weighted by Crippen LogP contribution is 2.16. The van der Waals surface area contributed by atoms with Crippen LogP contribution in [-0.4, -0.2) is 25.7 Å². The van der Waals surface area contributed by atoms with Gasteiger partial charge in [-0.05, 0) is 18.6 Å². The summed E-state index contributed by atoms with van der Waals surface area (Å²) < 4.78 is 9.91. The SMILES string of the molecule is COc1cccc(NC(=O)OCCCCl)c1. The highest BCUT2D eigenvalue weighted by atomic mass is 35.5. The smallest absolute Gasteiger partial charge is 0.411 e. The zero-order chi connectivity index (χ0) is 11.8. The third kappa shape index (κ3) is 4.40. The molecule has 0 unspecified atom stereocenters. The lowest BCUT2D eigenvalue weighted by Gasteiger charge is -2.07. The van der Waals surface area contributed by atoms with Gasteiger partial charge < -0.3 is 9.47 Å². The minimum atomic E-state index is -0.488. The van der Waals surface area contributed by atoms with Crippen molar-refractivity contribution in [3.05, 3.63) is 24.3 Å². The average Bonchev–Trinajstić information content (AvgIpc) is 2.29. The molecule has 0 saturated carbocycles. The molecule has 5 heteroatoms. The second-order valence-electron chi connectivity index (χ2n) is 3.04. The molecule has 0 heterocycles. The van der Waals surface area contributed by atoms with Gasteiger partial charge in [0.05, 0.1) is 13.7 Å². The van der Waals surface area contributed by atoms with Crippen LogP contribution >= 0.6 is 11.6 Å². The van der Waals surface area contributed by atoms with E-state index in [9.17, 15) is 4.79 Å². The molecule has 0 atom stereocenters. The van der Waals surface area contributed by atoms with Crippen molar-refractivity contribution in [3.8, 4) is 5.75 Å². The molecule has 0 saturated heterocycles. The molecule has 1 aromatic rings. The molecule has 0 spiro atoms. The highest BCUT2D eigenvalue weighted by Gasteiger charge is 2.03. The van der Waals surface area contributed by atoms with Gasteiger partial charge in [0.25, 0.3) is 0 Å². The van der Waals surface area contributed by atoms with Crippen LogP contribution in [0, 0.1) is 0 Å². The Balaban J connectivity index is 2.43. The second kappa shape index (κ2) is 6.95. The standard InChI is InChI=1S/C11H14ClNO3/c1-15-10-5-2-4-9(8-10)13-11(14)16-7-3-6-12/h2,4-5,8H,3,6-7H2,1H3,(H,13,14). The predicted octanol–water partition coefficient (Wildman–Crippen LogP) is 2.87. The number of amides is 1. The predicted molar refractivity (Wildman–Crippen MR) is 63.3 cm³/mol. The summed E-state index contributed by atoms with van der Waals surface area (Å²) in [6.07, 6.45) is 0.158. The summed E-state index contributed by atoms with van der Waals surface area (Å²) in [5.41, 5.74) is 0.634. The van der Waals surface area contributed by atoms with Gasteiger partial charge in [-0.2, -0.15) is 0 Å². The zero-order valence-corrected chi connectivity index (χ0v) is 9.79. The minimum absolute atomic E-state index is 0.319. The maximum atomic E-state index is 11.3. The number of hydrogen-bond acceptors (Lipinski definition) is 3. The number of halogens is 1. The Morgan fingerprint density at radius 3 is 3.00 bits per heavy atom. The first-order chi connectivity index (χ1) is 7.76. The summed E-state index contributed by atoms with van der Waals surface area (Å²) in [7, 11) is 1.57. The monoisotopic (exact) mass is 243 g/mol. The lowest BCUT2D eigenvalue weighted by atomic mass is 10.3. The van der Waals surface area contributed by atoms with Crippen molar-refractivity contribution in [2.75, 3.05) is 24.9 Å². The van der Waals surface area contributed by atoms with E-state index in [-0.39, 0.29) is 0 Å². The maximum Gasteiger partial charge on any atom is 0.411 e. The van der Waals surface area contributed by atoms with Gasteiger partial charge >= 0.3 is 6.09 Å². The molecule has 0 aromatic heterocycles. The topological polar surface area (TPSA) is 47.6 Å². The molecule has 1 aromatic carbocycles. The van der Waals surface area contributed by atoms with Gasteiger partial charge in [-0.25, -0.2) is 4.79 Å². The molecule has 88 valence electrons. The fraction of sp³-hybridized carbons (Fsp3) is 0.364. The third-order valence-corrected chi connectivity index (χ3v) is 2.09. The molecule has 0 fully saturated rings. The Morgan fingerprint density at radius 2 is 2.31 bits per heavy atom. The van der Waals surface area contributed by atoms with E-state index in [4.69, 9.17) is 21.1 Å². The molecule has 1 N–H and O–H groups in total. The molecule has 1 rings (SSSR count). The van der Waals surface area contributed by atoms with Crippen molar-refractivity contribution in [2.24, 2.45) is 0 Å². The van der Waals surface area contributed by atoms with E-state index < -0.39 is 6.09 Å². The van der Waals surface area contributed by atoms with Crippen LogP contribution in [0.3, 0.4) is 0 Å². The number of rotatable bonds is 5. The quantitative estimate of drug-likeness (QED) is 0.639. The summed E-state index contributed by atoms with van der Waals surface area (Å²) in [5.74, 6) is 1.16. The molecule has 0 bridgehead atoms. The van der Waals surface area contributed by atoms with Crippen LogP contribution in [-0.2, 0) is 4.74 Å².